The summed E-state index contributed by atoms with van der Waals surface area (Å²) in [5.74, 6) is -0.163. The first-order valence-corrected chi connectivity index (χ1v) is 5.91. The van der Waals surface area contributed by atoms with Crippen molar-refractivity contribution in [1.29, 1.82) is 0 Å². The fourth-order valence-corrected chi connectivity index (χ4v) is 1.85. The predicted molar refractivity (Wildman–Crippen MR) is 66.7 cm³/mol. The number of methoxy groups -OCH3 is 1. The number of aromatic nitrogens is 2. The van der Waals surface area contributed by atoms with Crippen LogP contribution in [0.15, 0.2) is 34.8 Å². The molecule has 18 heavy (non-hydrogen) atoms. The molecule has 0 radical (unpaired) electrons. The molecule has 0 bridgehead atoms. The first-order chi connectivity index (χ1) is 8.61. The molecule has 4 nitrogen and oxygen atoms in total. The van der Waals surface area contributed by atoms with E-state index in [9.17, 15) is 9.50 Å². The largest absolute Gasteiger partial charge is 0.480 e. The van der Waals surface area contributed by atoms with E-state index >= 15 is 0 Å². The van der Waals surface area contributed by atoms with Gasteiger partial charge in [-0.05, 0) is 24.3 Å². The third kappa shape index (κ3) is 2.65. The molecular formula is C12H10BrFN2O2. The van der Waals surface area contributed by atoms with E-state index in [1.807, 2.05) is 0 Å². The molecule has 0 spiro atoms. The van der Waals surface area contributed by atoms with E-state index in [0.29, 0.717) is 10.4 Å². The molecule has 1 aromatic heterocycles. The number of benzene rings is 1. The average molecular weight is 313 g/mol. The van der Waals surface area contributed by atoms with Gasteiger partial charge in [-0.1, -0.05) is 15.9 Å². The Kier molecular flexibility index (Phi) is 3.88. The van der Waals surface area contributed by atoms with Crippen LogP contribution < -0.4 is 4.74 Å². The van der Waals surface area contributed by atoms with Crippen LogP contribution in [0.25, 0.3) is 0 Å². The maximum absolute atomic E-state index is 13.6. The number of hydrogen-bond donors (Lipinski definition) is 1. The fraction of sp³-hybridized carbons (Fsp3) is 0.167. The van der Waals surface area contributed by atoms with Crippen molar-refractivity contribution in [3.05, 3.63) is 51.9 Å². The predicted octanol–water partition coefficient (Wildman–Crippen LogP) is 2.47. The Hall–Kier alpha value is -1.53. The minimum Gasteiger partial charge on any atom is -0.480 e. The minimum atomic E-state index is -1.17. The highest BCUT2D eigenvalue weighted by atomic mass is 79.9. The Labute approximate surface area is 112 Å². The van der Waals surface area contributed by atoms with Crippen LogP contribution in [-0.2, 0) is 0 Å². The summed E-state index contributed by atoms with van der Waals surface area (Å²) in [6.45, 7) is 0. The van der Waals surface area contributed by atoms with Crippen LogP contribution >= 0.6 is 15.9 Å². The zero-order valence-electron chi connectivity index (χ0n) is 9.47. The highest BCUT2D eigenvalue weighted by Gasteiger charge is 2.17. The van der Waals surface area contributed by atoms with E-state index < -0.39 is 11.9 Å². The third-order valence-corrected chi connectivity index (χ3v) is 2.90. The summed E-state index contributed by atoms with van der Waals surface area (Å²) in [5.41, 5.74) is 0.400. The van der Waals surface area contributed by atoms with E-state index in [-0.39, 0.29) is 11.3 Å². The monoisotopic (exact) mass is 312 g/mol. The van der Waals surface area contributed by atoms with Gasteiger partial charge in [0.2, 0.25) is 5.88 Å². The van der Waals surface area contributed by atoms with Gasteiger partial charge >= 0.3 is 0 Å². The van der Waals surface area contributed by atoms with Gasteiger partial charge in [0.05, 0.1) is 12.8 Å². The van der Waals surface area contributed by atoms with Gasteiger partial charge < -0.3 is 9.84 Å². The first kappa shape index (κ1) is 12.9. The Morgan fingerprint density at radius 2 is 2.06 bits per heavy atom. The van der Waals surface area contributed by atoms with Crippen LogP contribution in [0.1, 0.15) is 17.4 Å². The lowest BCUT2D eigenvalue weighted by molar-refractivity contribution is 0.208. The molecule has 1 heterocycles. The number of hydrogen-bond acceptors (Lipinski definition) is 4. The highest BCUT2D eigenvalue weighted by molar-refractivity contribution is 9.10. The van der Waals surface area contributed by atoms with Crippen LogP contribution in [0.3, 0.4) is 0 Å². The SMILES string of the molecule is COc1ccc(C(O)c2cc(Br)ccc2F)nn1. The van der Waals surface area contributed by atoms with Gasteiger partial charge in [0.1, 0.15) is 11.9 Å². The molecule has 2 rings (SSSR count). The summed E-state index contributed by atoms with van der Waals surface area (Å²) in [5, 5.41) is 17.6. The lowest BCUT2D eigenvalue weighted by Crippen LogP contribution is -2.06. The zero-order valence-corrected chi connectivity index (χ0v) is 11.1. The van der Waals surface area contributed by atoms with Crippen molar-refractivity contribution in [3.8, 4) is 5.88 Å². The lowest BCUT2D eigenvalue weighted by Gasteiger charge is -2.11. The minimum absolute atomic E-state index is 0.142. The summed E-state index contributed by atoms with van der Waals surface area (Å²) < 4.78 is 19.1. The van der Waals surface area contributed by atoms with E-state index in [2.05, 4.69) is 26.1 Å². The molecule has 1 atom stereocenters. The van der Waals surface area contributed by atoms with Gasteiger partial charge in [-0.15, -0.1) is 10.2 Å². The van der Waals surface area contributed by atoms with Gasteiger partial charge in [0.25, 0.3) is 0 Å². The number of ether oxygens (including phenoxy) is 1. The number of aliphatic hydroxyl groups is 1. The van der Waals surface area contributed by atoms with Gasteiger partial charge in [-0.2, -0.15) is 0 Å². The maximum Gasteiger partial charge on any atom is 0.233 e. The van der Waals surface area contributed by atoms with Crippen molar-refractivity contribution in [2.75, 3.05) is 7.11 Å². The van der Waals surface area contributed by atoms with Gasteiger partial charge in [0, 0.05) is 16.1 Å². The fourth-order valence-electron chi connectivity index (χ4n) is 1.47. The lowest BCUT2D eigenvalue weighted by atomic mass is 10.1. The van der Waals surface area contributed by atoms with Crippen LogP contribution in [-0.4, -0.2) is 22.4 Å². The standard InChI is InChI=1S/C12H10BrFN2O2/c1-18-11-5-4-10(15-16-11)12(17)8-6-7(13)2-3-9(8)14/h2-6,12,17H,1H3. The molecule has 94 valence electrons. The molecule has 0 fully saturated rings. The Morgan fingerprint density at radius 1 is 1.28 bits per heavy atom. The van der Waals surface area contributed by atoms with Crippen molar-refractivity contribution in [3.63, 3.8) is 0 Å². The van der Waals surface area contributed by atoms with E-state index in [4.69, 9.17) is 4.74 Å². The Bertz CT molecular complexity index is 548. The smallest absolute Gasteiger partial charge is 0.233 e. The van der Waals surface area contributed by atoms with Gasteiger partial charge in [0.15, 0.2) is 0 Å². The van der Waals surface area contributed by atoms with E-state index in [0.717, 1.165) is 0 Å². The number of aliphatic hydroxyl groups excluding tert-OH is 1. The normalized spacial score (nSPS) is 12.2. The molecule has 2 aromatic rings. The summed E-state index contributed by atoms with van der Waals surface area (Å²) in [6.07, 6.45) is -1.17. The van der Waals surface area contributed by atoms with E-state index in [1.54, 1.807) is 12.1 Å². The average Bonchev–Trinajstić information content (AvgIpc) is 2.41. The van der Waals surface area contributed by atoms with Crippen molar-refractivity contribution >= 4 is 15.9 Å². The topological polar surface area (TPSA) is 55.2 Å². The molecule has 0 amide bonds. The Morgan fingerprint density at radius 3 is 2.67 bits per heavy atom. The zero-order chi connectivity index (χ0) is 13.1. The summed E-state index contributed by atoms with van der Waals surface area (Å²) >= 11 is 3.23. The van der Waals surface area contributed by atoms with Gasteiger partial charge in [-0.3, -0.25) is 0 Å². The quantitative estimate of drug-likeness (QED) is 0.946. The van der Waals surface area contributed by atoms with Crippen LogP contribution in [0.4, 0.5) is 4.39 Å². The molecule has 0 aliphatic heterocycles. The van der Waals surface area contributed by atoms with Gasteiger partial charge in [-0.25, -0.2) is 4.39 Å². The molecule has 1 unspecified atom stereocenters. The Balaban J connectivity index is 2.34. The van der Waals surface area contributed by atoms with Crippen molar-refractivity contribution < 1.29 is 14.2 Å². The third-order valence-electron chi connectivity index (χ3n) is 2.40. The van der Waals surface area contributed by atoms with Crippen molar-refractivity contribution in [1.82, 2.24) is 10.2 Å². The van der Waals surface area contributed by atoms with Crippen LogP contribution in [0, 0.1) is 5.82 Å². The van der Waals surface area contributed by atoms with Crippen molar-refractivity contribution in [2.45, 2.75) is 6.10 Å². The summed E-state index contributed by atoms with van der Waals surface area (Å²) in [4.78, 5) is 0. The van der Waals surface area contributed by atoms with E-state index in [1.165, 1.54) is 25.3 Å². The van der Waals surface area contributed by atoms with Crippen LogP contribution in [0.5, 0.6) is 5.88 Å². The number of rotatable bonds is 3. The summed E-state index contributed by atoms with van der Waals surface area (Å²) in [7, 11) is 1.47. The van der Waals surface area contributed by atoms with Crippen molar-refractivity contribution in [2.24, 2.45) is 0 Å². The summed E-state index contributed by atoms with van der Waals surface area (Å²) in [6, 6.07) is 7.44. The molecule has 0 aliphatic carbocycles. The molecular weight excluding hydrogens is 303 g/mol. The molecule has 1 aromatic carbocycles. The maximum atomic E-state index is 13.6. The second kappa shape index (κ2) is 5.41. The highest BCUT2D eigenvalue weighted by Crippen LogP contribution is 2.26. The molecule has 1 N–H and O–H groups in total. The number of nitrogens with zero attached hydrogens (tertiary/aromatic N) is 2. The molecule has 6 heteroatoms. The second-order valence-electron chi connectivity index (χ2n) is 3.57. The van der Waals surface area contributed by atoms with Crippen LogP contribution in [0.2, 0.25) is 0 Å². The first-order valence-electron chi connectivity index (χ1n) is 5.12. The molecule has 0 saturated carbocycles. The number of halogens is 2. The molecule has 0 aliphatic rings. The second-order valence-corrected chi connectivity index (χ2v) is 4.48. The molecule has 0 saturated heterocycles.